The summed E-state index contributed by atoms with van der Waals surface area (Å²) >= 11 is 0. The molecule has 0 spiro atoms. The molecule has 1 heterocycles. The Balaban J connectivity index is 2.30. The maximum Gasteiger partial charge on any atom is 0.150 e. The Morgan fingerprint density at radius 3 is 2.60 bits per heavy atom. The zero-order valence-corrected chi connectivity index (χ0v) is 9.82. The zero-order valence-electron chi connectivity index (χ0n) is 9.82. The van der Waals surface area contributed by atoms with E-state index in [2.05, 4.69) is 33.9 Å². The van der Waals surface area contributed by atoms with Crippen LogP contribution in [-0.4, -0.2) is 21.8 Å². The Bertz CT molecular complexity index is 325. The summed E-state index contributed by atoms with van der Waals surface area (Å²) in [6.45, 7) is 4.19. The molecule has 1 atom stereocenters. The second kappa shape index (κ2) is 4.31. The molecule has 1 aromatic rings. The molecule has 0 saturated heterocycles. The highest BCUT2D eigenvalue weighted by Crippen LogP contribution is 2.32. The molecular formula is C11H20N4. The molecule has 1 fully saturated rings. The summed E-state index contributed by atoms with van der Waals surface area (Å²) in [5.74, 6) is 2.14. The van der Waals surface area contributed by atoms with Crippen LogP contribution < -0.4 is 5.32 Å². The Morgan fingerprint density at radius 1 is 1.33 bits per heavy atom. The van der Waals surface area contributed by atoms with E-state index >= 15 is 0 Å². The van der Waals surface area contributed by atoms with E-state index in [1.54, 1.807) is 0 Å². The van der Waals surface area contributed by atoms with Gasteiger partial charge in [0.1, 0.15) is 11.6 Å². The predicted octanol–water partition coefficient (Wildman–Crippen LogP) is 1.98. The highest BCUT2D eigenvalue weighted by atomic mass is 15.3. The van der Waals surface area contributed by atoms with Gasteiger partial charge in [0.05, 0.1) is 6.04 Å². The maximum atomic E-state index is 4.28. The van der Waals surface area contributed by atoms with Gasteiger partial charge < -0.3 is 9.88 Å². The molecule has 1 aromatic heterocycles. The highest BCUT2D eigenvalue weighted by Gasteiger charge is 2.23. The Labute approximate surface area is 91.1 Å². The molecule has 0 bridgehead atoms. The second-order valence-electron chi connectivity index (χ2n) is 4.42. The largest absolute Gasteiger partial charge is 0.311 e. The predicted molar refractivity (Wildman–Crippen MR) is 59.7 cm³/mol. The first-order valence-corrected chi connectivity index (χ1v) is 5.82. The summed E-state index contributed by atoms with van der Waals surface area (Å²) in [4.78, 5) is 0. The molecule has 1 unspecified atom stereocenters. The monoisotopic (exact) mass is 208 g/mol. The van der Waals surface area contributed by atoms with Crippen LogP contribution in [0.25, 0.3) is 0 Å². The minimum absolute atomic E-state index is 0.284. The molecule has 4 heteroatoms. The number of nitrogens with zero attached hydrogens (tertiary/aromatic N) is 3. The fourth-order valence-corrected chi connectivity index (χ4v) is 2.42. The first kappa shape index (κ1) is 10.6. The van der Waals surface area contributed by atoms with Crippen LogP contribution in [0.15, 0.2) is 0 Å². The molecule has 15 heavy (non-hydrogen) atoms. The van der Waals surface area contributed by atoms with Crippen LogP contribution in [0.5, 0.6) is 0 Å². The van der Waals surface area contributed by atoms with Crippen molar-refractivity contribution in [3.8, 4) is 0 Å². The third-order valence-corrected chi connectivity index (χ3v) is 3.40. The molecule has 1 aliphatic carbocycles. The molecule has 84 valence electrons. The van der Waals surface area contributed by atoms with E-state index in [-0.39, 0.29) is 6.04 Å². The van der Waals surface area contributed by atoms with Gasteiger partial charge in [-0.3, -0.25) is 0 Å². The van der Waals surface area contributed by atoms with Crippen LogP contribution in [0.4, 0.5) is 0 Å². The van der Waals surface area contributed by atoms with Crippen LogP contribution >= 0.6 is 0 Å². The summed E-state index contributed by atoms with van der Waals surface area (Å²) in [6.07, 6.45) is 5.25. The van der Waals surface area contributed by atoms with Gasteiger partial charge in [0.25, 0.3) is 0 Å². The van der Waals surface area contributed by atoms with Crippen molar-refractivity contribution in [3.05, 3.63) is 11.6 Å². The number of hydrogen-bond donors (Lipinski definition) is 1. The van der Waals surface area contributed by atoms with Gasteiger partial charge >= 0.3 is 0 Å². The Kier molecular flexibility index (Phi) is 3.05. The minimum Gasteiger partial charge on any atom is -0.311 e. The van der Waals surface area contributed by atoms with E-state index in [1.165, 1.54) is 25.7 Å². The molecule has 0 aromatic carbocycles. The maximum absolute atomic E-state index is 4.28. The summed E-state index contributed by atoms with van der Waals surface area (Å²) < 4.78 is 2.33. The summed E-state index contributed by atoms with van der Waals surface area (Å²) in [7, 11) is 1.97. The van der Waals surface area contributed by atoms with Crippen LogP contribution in [0.1, 0.15) is 56.3 Å². The average molecular weight is 208 g/mol. The van der Waals surface area contributed by atoms with Gasteiger partial charge in [0.15, 0.2) is 0 Å². The van der Waals surface area contributed by atoms with E-state index in [9.17, 15) is 0 Å². The lowest BCUT2D eigenvalue weighted by molar-refractivity contribution is 0.457. The highest BCUT2D eigenvalue weighted by molar-refractivity contribution is 5.02. The van der Waals surface area contributed by atoms with Crippen LogP contribution in [0.3, 0.4) is 0 Å². The van der Waals surface area contributed by atoms with E-state index in [4.69, 9.17) is 0 Å². The van der Waals surface area contributed by atoms with Gasteiger partial charge in [-0.25, -0.2) is 0 Å². The number of hydrogen-bond acceptors (Lipinski definition) is 3. The quantitative estimate of drug-likeness (QED) is 0.826. The van der Waals surface area contributed by atoms with Crippen molar-refractivity contribution in [3.63, 3.8) is 0 Å². The smallest absolute Gasteiger partial charge is 0.150 e. The number of rotatable bonds is 3. The van der Waals surface area contributed by atoms with Crippen molar-refractivity contribution in [1.29, 1.82) is 0 Å². The molecule has 1 aliphatic rings. The molecule has 1 saturated carbocycles. The fraction of sp³-hybridized carbons (Fsp3) is 0.818. The van der Waals surface area contributed by atoms with Gasteiger partial charge in [-0.15, -0.1) is 10.2 Å². The molecular weight excluding hydrogens is 188 g/mol. The first-order chi connectivity index (χ1) is 7.24. The molecule has 2 rings (SSSR count). The van der Waals surface area contributed by atoms with Gasteiger partial charge in [-0.1, -0.05) is 12.8 Å². The van der Waals surface area contributed by atoms with Crippen molar-refractivity contribution < 1.29 is 0 Å². The molecule has 0 aliphatic heterocycles. The van der Waals surface area contributed by atoms with E-state index in [1.807, 2.05) is 7.05 Å². The van der Waals surface area contributed by atoms with Crippen LogP contribution in [0.2, 0.25) is 0 Å². The number of nitrogens with one attached hydrogen (secondary N) is 1. The summed E-state index contributed by atoms with van der Waals surface area (Å²) in [5.41, 5.74) is 0. The molecule has 0 amide bonds. The van der Waals surface area contributed by atoms with Crippen LogP contribution in [0, 0.1) is 6.92 Å². The SMILES string of the molecule is CNC(C)c1nnc(C)n1C1CCCC1. The lowest BCUT2D eigenvalue weighted by Gasteiger charge is -2.18. The van der Waals surface area contributed by atoms with Gasteiger partial charge in [-0.05, 0) is 33.7 Å². The van der Waals surface area contributed by atoms with Crippen LogP contribution in [-0.2, 0) is 0 Å². The molecule has 1 N–H and O–H groups in total. The Hall–Kier alpha value is -0.900. The standard InChI is InChI=1S/C11H20N4/c1-8(12-3)11-14-13-9(2)15(11)10-6-4-5-7-10/h8,10,12H,4-7H2,1-3H3. The summed E-state index contributed by atoms with van der Waals surface area (Å²) in [5, 5.41) is 11.7. The molecule has 0 radical (unpaired) electrons. The normalized spacial score (nSPS) is 19.7. The third-order valence-electron chi connectivity index (χ3n) is 3.40. The lowest BCUT2D eigenvalue weighted by Crippen LogP contribution is -2.20. The van der Waals surface area contributed by atoms with Crippen molar-refractivity contribution >= 4 is 0 Å². The van der Waals surface area contributed by atoms with Crippen molar-refractivity contribution in [2.24, 2.45) is 0 Å². The first-order valence-electron chi connectivity index (χ1n) is 5.82. The topological polar surface area (TPSA) is 42.7 Å². The third kappa shape index (κ3) is 1.91. The van der Waals surface area contributed by atoms with Crippen molar-refractivity contribution in [1.82, 2.24) is 20.1 Å². The molecule has 4 nitrogen and oxygen atoms in total. The van der Waals surface area contributed by atoms with Crippen molar-refractivity contribution in [2.75, 3.05) is 7.05 Å². The second-order valence-corrected chi connectivity index (χ2v) is 4.42. The number of aromatic nitrogens is 3. The van der Waals surface area contributed by atoms with Gasteiger partial charge in [-0.2, -0.15) is 0 Å². The van der Waals surface area contributed by atoms with E-state index in [0.717, 1.165) is 11.6 Å². The van der Waals surface area contributed by atoms with E-state index in [0.29, 0.717) is 6.04 Å². The number of aryl methyl sites for hydroxylation is 1. The summed E-state index contributed by atoms with van der Waals surface area (Å²) in [6, 6.07) is 0.914. The average Bonchev–Trinajstić information content (AvgIpc) is 2.85. The van der Waals surface area contributed by atoms with E-state index < -0.39 is 0 Å². The van der Waals surface area contributed by atoms with Gasteiger partial charge in [0.2, 0.25) is 0 Å². The lowest BCUT2D eigenvalue weighted by atomic mass is 10.2. The zero-order chi connectivity index (χ0) is 10.8. The minimum atomic E-state index is 0.284. The Morgan fingerprint density at radius 2 is 2.00 bits per heavy atom. The van der Waals surface area contributed by atoms with Gasteiger partial charge in [0, 0.05) is 6.04 Å². The van der Waals surface area contributed by atoms with Crippen molar-refractivity contribution in [2.45, 2.75) is 51.6 Å². The fourth-order valence-electron chi connectivity index (χ4n) is 2.42.